The van der Waals surface area contributed by atoms with Crippen molar-refractivity contribution < 1.29 is 9.84 Å². The maximum atomic E-state index is 9.82. The Balaban J connectivity index is 1.72. The van der Waals surface area contributed by atoms with Crippen molar-refractivity contribution in [3.8, 4) is 5.75 Å². The van der Waals surface area contributed by atoms with Crippen molar-refractivity contribution in [2.24, 2.45) is 4.99 Å². The minimum Gasteiger partial charge on any atom is -0.507 e. The van der Waals surface area contributed by atoms with Crippen molar-refractivity contribution in [2.45, 2.75) is 6.92 Å². The Kier molecular flexibility index (Phi) is 4.39. The highest BCUT2D eigenvalue weighted by Gasteiger charge is 2.10. The third kappa shape index (κ3) is 3.46. The van der Waals surface area contributed by atoms with E-state index in [0.29, 0.717) is 0 Å². The number of hydrogen-bond donors (Lipinski definition) is 1. The predicted molar refractivity (Wildman–Crippen MR) is 89.6 cm³/mol. The number of anilines is 1. The number of aliphatic imine (C=N–C) groups is 1. The summed E-state index contributed by atoms with van der Waals surface area (Å²) >= 11 is 0. The molecule has 0 unspecified atom stereocenters. The van der Waals surface area contributed by atoms with Gasteiger partial charge in [-0.1, -0.05) is 11.6 Å². The Morgan fingerprint density at radius 1 is 1.09 bits per heavy atom. The highest BCUT2D eigenvalue weighted by Crippen LogP contribution is 2.22. The third-order valence-electron chi connectivity index (χ3n) is 3.76. The lowest BCUT2D eigenvalue weighted by atomic mass is 10.1. The minimum atomic E-state index is 0.249. The molecule has 1 aliphatic rings. The van der Waals surface area contributed by atoms with Crippen LogP contribution in [0.25, 0.3) is 0 Å². The number of benzene rings is 2. The first-order chi connectivity index (χ1) is 10.7. The minimum absolute atomic E-state index is 0.249. The molecule has 4 heteroatoms. The van der Waals surface area contributed by atoms with Gasteiger partial charge in [0.25, 0.3) is 0 Å². The second-order valence-corrected chi connectivity index (χ2v) is 5.44. The normalized spacial score (nSPS) is 15.4. The van der Waals surface area contributed by atoms with Gasteiger partial charge in [0.2, 0.25) is 0 Å². The lowest BCUT2D eigenvalue weighted by Crippen LogP contribution is -2.36. The summed E-state index contributed by atoms with van der Waals surface area (Å²) in [5, 5.41) is 9.82. The molecule has 0 atom stereocenters. The van der Waals surface area contributed by atoms with Gasteiger partial charge in [0, 0.05) is 30.6 Å². The van der Waals surface area contributed by atoms with Crippen LogP contribution >= 0.6 is 0 Å². The SMILES string of the molecule is Cc1ccc(O)c(C=Nc2ccc(N3CCOCC3)cc2)c1. The van der Waals surface area contributed by atoms with Crippen molar-refractivity contribution in [1.29, 1.82) is 0 Å². The predicted octanol–water partition coefficient (Wildman–Crippen LogP) is 3.29. The Hall–Kier alpha value is -2.33. The van der Waals surface area contributed by atoms with E-state index in [1.807, 2.05) is 31.2 Å². The molecule has 1 aliphatic heterocycles. The second kappa shape index (κ2) is 6.62. The van der Waals surface area contributed by atoms with Crippen LogP contribution in [-0.4, -0.2) is 37.6 Å². The summed E-state index contributed by atoms with van der Waals surface area (Å²) in [6.45, 7) is 5.42. The molecule has 0 aromatic heterocycles. The first-order valence-corrected chi connectivity index (χ1v) is 7.49. The van der Waals surface area contributed by atoms with Crippen molar-refractivity contribution in [3.05, 3.63) is 53.6 Å². The van der Waals surface area contributed by atoms with Gasteiger partial charge in [0.15, 0.2) is 0 Å². The summed E-state index contributed by atoms with van der Waals surface area (Å²) in [4.78, 5) is 6.75. The number of rotatable bonds is 3. The standard InChI is InChI=1S/C18H20N2O2/c1-14-2-7-18(21)15(12-14)13-19-16-3-5-17(6-4-16)20-8-10-22-11-9-20/h2-7,12-13,21H,8-11H2,1H3. The van der Waals surface area contributed by atoms with E-state index in [-0.39, 0.29) is 5.75 Å². The van der Waals surface area contributed by atoms with Gasteiger partial charge in [-0.15, -0.1) is 0 Å². The van der Waals surface area contributed by atoms with Crippen LogP contribution in [0.15, 0.2) is 47.5 Å². The van der Waals surface area contributed by atoms with Gasteiger partial charge in [-0.25, -0.2) is 0 Å². The van der Waals surface area contributed by atoms with Gasteiger partial charge in [-0.3, -0.25) is 4.99 Å². The van der Waals surface area contributed by atoms with E-state index in [2.05, 4.69) is 22.0 Å². The fourth-order valence-electron chi connectivity index (χ4n) is 2.49. The first kappa shape index (κ1) is 14.6. The molecule has 0 bridgehead atoms. The number of phenolic OH excluding ortho intramolecular Hbond substituents is 1. The van der Waals surface area contributed by atoms with Crippen molar-refractivity contribution >= 4 is 17.6 Å². The molecule has 2 aromatic carbocycles. The quantitative estimate of drug-likeness (QED) is 0.884. The molecule has 1 heterocycles. The number of phenols is 1. The average Bonchev–Trinajstić information content (AvgIpc) is 2.57. The van der Waals surface area contributed by atoms with Gasteiger partial charge >= 0.3 is 0 Å². The fraction of sp³-hybridized carbons (Fsp3) is 0.278. The fourth-order valence-corrected chi connectivity index (χ4v) is 2.49. The lowest BCUT2D eigenvalue weighted by molar-refractivity contribution is 0.122. The van der Waals surface area contributed by atoms with E-state index in [0.717, 1.165) is 43.1 Å². The smallest absolute Gasteiger partial charge is 0.124 e. The lowest BCUT2D eigenvalue weighted by Gasteiger charge is -2.28. The second-order valence-electron chi connectivity index (χ2n) is 5.44. The zero-order valence-electron chi connectivity index (χ0n) is 12.7. The van der Waals surface area contributed by atoms with Crippen LogP contribution in [0.1, 0.15) is 11.1 Å². The number of aryl methyl sites for hydroxylation is 1. The van der Waals surface area contributed by atoms with Gasteiger partial charge in [-0.2, -0.15) is 0 Å². The molecule has 22 heavy (non-hydrogen) atoms. The highest BCUT2D eigenvalue weighted by molar-refractivity contribution is 5.85. The maximum Gasteiger partial charge on any atom is 0.124 e. The van der Waals surface area contributed by atoms with Gasteiger partial charge in [0.05, 0.1) is 18.9 Å². The number of morpholine rings is 1. The largest absolute Gasteiger partial charge is 0.507 e. The van der Waals surface area contributed by atoms with Gasteiger partial charge < -0.3 is 14.7 Å². The molecule has 0 saturated carbocycles. The summed E-state index contributed by atoms with van der Waals surface area (Å²) in [6, 6.07) is 13.6. The monoisotopic (exact) mass is 296 g/mol. The topological polar surface area (TPSA) is 45.1 Å². The Bertz CT molecular complexity index is 659. The molecule has 0 spiro atoms. The molecule has 1 saturated heterocycles. The summed E-state index contributed by atoms with van der Waals surface area (Å²) < 4.78 is 5.36. The van der Waals surface area contributed by atoms with Crippen LogP contribution < -0.4 is 4.90 Å². The molecule has 1 N–H and O–H groups in total. The number of ether oxygens (including phenoxy) is 1. The molecule has 0 radical (unpaired) electrons. The number of nitrogens with zero attached hydrogens (tertiary/aromatic N) is 2. The molecule has 3 rings (SSSR count). The molecule has 4 nitrogen and oxygen atoms in total. The molecule has 0 amide bonds. The van der Waals surface area contributed by atoms with Crippen LogP contribution in [-0.2, 0) is 4.74 Å². The number of hydrogen-bond acceptors (Lipinski definition) is 4. The van der Waals surface area contributed by atoms with Crippen molar-refractivity contribution in [3.63, 3.8) is 0 Å². The molecule has 1 fully saturated rings. The van der Waals surface area contributed by atoms with E-state index in [1.54, 1.807) is 12.3 Å². The Morgan fingerprint density at radius 3 is 2.55 bits per heavy atom. The van der Waals surface area contributed by atoms with Crippen LogP contribution in [0.4, 0.5) is 11.4 Å². The summed E-state index contributed by atoms with van der Waals surface area (Å²) in [7, 11) is 0. The molecule has 114 valence electrons. The molecular weight excluding hydrogens is 276 g/mol. The van der Waals surface area contributed by atoms with E-state index in [4.69, 9.17) is 4.74 Å². The summed E-state index contributed by atoms with van der Waals surface area (Å²) in [5.74, 6) is 0.249. The highest BCUT2D eigenvalue weighted by atomic mass is 16.5. The van der Waals surface area contributed by atoms with E-state index < -0.39 is 0 Å². The van der Waals surface area contributed by atoms with E-state index in [1.165, 1.54) is 5.69 Å². The average molecular weight is 296 g/mol. The summed E-state index contributed by atoms with van der Waals surface area (Å²) in [5.41, 5.74) is 3.90. The Labute approximate surface area is 130 Å². The molecular formula is C18H20N2O2. The van der Waals surface area contributed by atoms with E-state index >= 15 is 0 Å². The molecule has 0 aliphatic carbocycles. The van der Waals surface area contributed by atoms with Crippen LogP contribution in [0.3, 0.4) is 0 Å². The third-order valence-corrected chi connectivity index (χ3v) is 3.76. The zero-order valence-corrected chi connectivity index (χ0v) is 12.7. The van der Waals surface area contributed by atoms with E-state index in [9.17, 15) is 5.11 Å². The first-order valence-electron chi connectivity index (χ1n) is 7.49. The molecule has 2 aromatic rings. The number of aromatic hydroxyl groups is 1. The van der Waals surface area contributed by atoms with Crippen molar-refractivity contribution in [2.75, 3.05) is 31.2 Å². The van der Waals surface area contributed by atoms with Gasteiger partial charge in [-0.05, 0) is 43.3 Å². The zero-order chi connectivity index (χ0) is 15.4. The van der Waals surface area contributed by atoms with Gasteiger partial charge in [0.1, 0.15) is 5.75 Å². The maximum absolute atomic E-state index is 9.82. The Morgan fingerprint density at radius 2 is 1.82 bits per heavy atom. The van der Waals surface area contributed by atoms with Crippen molar-refractivity contribution in [1.82, 2.24) is 0 Å². The van der Waals surface area contributed by atoms with Crippen LogP contribution in [0.2, 0.25) is 0 Å². The van der Waals surface area contributed by atoms with Crippen LogP contribution in [0.5, 0.6) is 5.75 Å². The summed E-state index contributed by atoms with van der Waals surface area (Å²) in [6.07, 6.45) is 1.70. The van der Waals surface area contributed by atoms with Crippen LogP contribution in [0, 0.1) is 6.92 Å².